The number of aldehydes is 1. The summed E-state index contributed by atoms with van der Waals surface area (Å²) < 4.78 is 25.5. The molecule has 1 aromatic carbocycles. The number of halogens is 2. The number of rotatable bonds is 0. The first-order valence-corrected chi connectivity index (χ1v) is 3.35. The van der Waals surface area contributed by atoms with Crippen molar-refractivity contribution in [2.45, 2.75) is 0 Å². The minimum absolute atomic E-state index is 0.0799. The summed E-state index contributed by atoms with van der Waals surface area (Å²) >= 11 is 0. The number of benzene rings is 1. The molecule has 13 heavy (non-hydrogen) atoms. The first kappa shape index (κ1) is 9.20. The molecule has 4 heteroatoms. The van der Waals surface area contributed by atoms with E-state index in [2.05, 4.69) is 5.92 Å². The topological polar surface area (TPSA) is 43.1 Å². The molecule has 0 heterocycles. The number of nitrogens with two attached hydrogens (primary N) is 1. The SMILES string of the molecule is Nc1c(F)cc(C#CC=O)cc1F. The molecule has 0 saturated heterocycles. The van der Waals surface area contributed by atoms with Crippen molar-refractivity contribution in [2.75, 3.05) is 5.73 Å². The Morgan fingerprint density at radius 2 is 1.85 bits per heavy atom. The van der Waals surface area contributed by atoms with E-state index in [0.29, 0.717) is 6.29 Å². The summed E-state index contributed by atoms with van der Waals surface area (Å²) in [6.07, 6.45) is 0.339. The van der Waals surface area contributed by atoms with Gasteiger partial charge in [-0.25, -0.2) is 8.78 Å². The van der Waals surface area contributed by atoms with E-state index >= 15 is 0 Å². The standard InChI is InChI=1S/C9H5F2NO/c10-7-4-6(2-1-3-13)5-8(11)9(7)12/h3-5H,12H2. The fourth-order valence-electron chi connectivity index (χ4n) is 0.769. The molecule has 0 amide bonds. The zero-order chi connectivity index (χ0) is 9.84. The molecule has 0 bridgehead atoms. The van der Waals surface area contributed by atoms with Gasteiger partial charge in [0, 0.05) is 5.56 Å². The summed E-state index contributed by atoms with van der Waals surface area (Å²) in [6.45, 7) is 0. The fraction of sp³-hybridized carbons (Fsp3) is 0. The van der Waals surface area contributed by atoms with Gasteiger partial charge in [-0.1, -0.05) is 5.92 Å². The van der Waals surface area contributed by atoms with E-state index in [9.17, 15) is 13.6 Å². The minimum atomic E-state index is -0.879. The lowest BCUT2D eigenvalue weighted by Crippen LogP contribution is -1.96. The smallest absolute Gasteiger partial charge is 0.193 e. The molecule has 2 N–H and O–H groups in total. The van der Waals surface area contributed by atoms with Crippen molar-refractivity contribution in [3.8, 4) is 11.8 Å². The summed E-state index contributed by atoms with van der Waals surface area (Å²) in [7, 11) is 0. The third-order valence-electron chi connectivity index (χ3n) is 1.35. The second kappa shape index (κ2) is 3.68. The number of hydrogen-bond acceptors (Lipinski definition) is 2. The highest BCUT2D eigenvalue weighted by molar-refractivity contribution is 5.74. The Morgan fingerprint density at radius 3 is 2.31 bits per heavy atom. The molecule has 0 aliphatic heterocycles. The Kier molecular flexibility index (Phi) is 2.60. The van der Waals surface area contributed by atoms with Gasteiger partial charge in [-0.05, 0) is 18.1 Å². The van der Waals surface area contributed by atoms with Crippen LogP contribution in [0.5, 0.6) is 0 Å². The summed E-state index contributed by atoms with van der Waals surface area (Å²) in [4.78, 5) is 9.83. The fourth-order valence-corrected chi connectivity index (χ4v) is 0.769. The highest BCUT2D eigenvalue weighted by atomic mass is 19.1. The van der Waals surface area contributed by atoms with Crippen LogP contribution >= 0.6 is 0 Å². The molecule has 1 rings (SSSR count). The molecule has 0 aliphatic rings. The van der Waals surface area contributed by atoms with Gasteiger partial charge in [0.2, 0.25) is 0 Å². The Balaban J connectivity index is 3.20. The molecule has 0 spiro atoms. The largest absolute Gasteiger partial charge is 0.394 e. The van der Waals surface area contributed by atoms with Crippen LogP contribution in [0, 0.1) is 23.5 Å². The van der Waals surface area contributed by atoms with E-state index in [-0.39, 0.29) is 5.56 Å². The van der Waals surface area contributed by atoms with Crippen LogP contribution in [-0.2, 0) is 4.79 Å². The quantitative estimate of drug-likeness (QED) is 0.370. The predicted octanol–water partition coefficient (Wildman–Crippen LogP) is 1.10. The van der Waals surface area contributed by atoms with Crippen molar-refractivity contribution in [1.82, 2.24) is 0 Å². The van der Waals surface area contributed by atoms with Gasteiger partial charge in [0.15, 0.2) is 6.29 Å². The van der Waals surface area contributed by atoms with Gasteiger partial charge < -0.3 is 5.73 Å². The lowest BCUT2D eigenvalue weighted by atomic mass is 10.2. The van der Waals surface area contributed by atoms with Crippen molar-refractivity contribution < 1.29 is 13.6 Å². The number of nitrogen functional groups attached to an aromatic ring is 1. The summed E-state index contributed by atoms with van der Waals surface area (Å²) in [5.74, 6) is 2.52. The molecule has 0 fully saturated rings. The number of hydrogen-bond donors (Lipinski definition) is 1. The van der Waals surface area contributed by atoms with Crippen LogP contribution in [0.2, 0.25) is 0 Å². The van der Waals surface area contributed by atoms with Crippen LogP contribution in [0.15, 0.2) is 12.1 Å². The number of anilines is 1. The molecular weight excluding hydrogens is 176 g/mol. The van der Waals surface area contributed by atoms with Crippen molar-refractivity contribution in [3.63, 3.8) is 0 Å². The van der Waals surface area contributed by atoms with Gasteiger partial charge in [0.25, 0.3) is 0 Å². The maximum Gasteiger partial charge on any atom is 0.193 e. The van der Waals surface area contributed by atoms with Crippen molar-refractivity contribution in [1.29, 1.82) is 0 Å². The normalized spacial score (nSPS) is 8.77. The number of carbonyl (C=O) groups excluding carboxylic acids is 1. The van der Waals surface area contributed by atoms with Gasteiger partial charge in [-0.2, -0.15) is 0 Å². The molecule has 2 nitrogen and oxygen atoms in total. The van der Waals surface area contributed by atoms with E-state index < -0.39 is 17.3 Å². The van der Waals surface area contributed by atoms with Crippen molar-refractivity contribution in [3.05, 3.63) is 29.3 Å². The minimum Gasteiger partial charge on any atom is -0.394 e. The van der Waals surface area contributed by atoms with Gasteiger partial charge in [-0.3, -0.25) is 4.79 Å². The maximum atomic E-state index is 12.7. The third-order valence-corrected chi connectivity index (χ3v) is 1.35. The van der Waals surface area contributed by atoms with Crippen molar-refractivity contribution in [2.24, 2.45) is 0 Å². The van der Waals surface area contributed by atoms with Crippen LogP contribution in [0.3, 0.4) is 0 Å². The monoisotopic (exact) mass is 181 g/mol. The summed E-state index contributed by atoms with van der Waals surface area (Å²) in [6, 6.07) is 1.93. The molecule has 0 radical (unpaired) electrons. The molecule has 0 unspecified atom stereocenters. The highest BCUT2D eigenvalue weighted by Gasteiger charge is 2.05. The lowest BCUT2D eigenvalue weighted by Gasteiger charge is -1.98. The van der Waals surface area contributed by atoms with E-state index in [4.69, 9.17) is 5.73 Å². The Bertz CT molecular complexity index is 381. The van der Waals surface area contributed by atoms with Crippen LogP contribution in [0.25, 0.3) is 0 Å². The predicted molar refractivity (Wildman–Crippen MR) is 43.7 cm³/mol. The second-order valence-corrected chi connectivity index (χ2v) is 2.24. The van der Waals surface area contributed by atoms with Crippen molar-refractivity contribution >= 4 is 12.0 Å². The van der Waals surface area contributed by atoms with Crippen LogP contribution < -0.4 is 5.73 Å². The summed E-state index contributed by atoms with van der Waals surface area (Å²) in [5.41, 5.74) is 4.55. The van der Waals surface area contributed by atoms with Gasteiger partial charge >= 0.3 is 0 Å². The molecule has 0 saturated carbocycles. The lowest BCUT2D eigenvalue weighted by molar-refractivity contribution is -0.103. The zero-order valence-corrected chi connectivity index (χ0v) is 6.47. The zero-order valence-electron chi connectivity index (χ0n) is 6.47. The van der Waals surface area contributed by atoms with E-state index in [1.54, 1.807) is 0 Å². The maximum absolute atomic E-state index is 12.7. The van der Waals surface area contributed by atoms with E-state index in [0.717, 1.165) is 12.1 Å². The van der Waals surface area contributed by atoms with Gasteiger partial charge in [-0.15, -0.1) is 0 Å². The number of carbonyl (C=O) groups is 1. The second-order valence-electron chi connectivity index (χ2n) is 2.24. The average Bonchev–Trinajstić information content (AvgIpc) is 2.10. The van der Waals surface area contributed by atoms with Crippen LogP contribution in [0.1, 0.15) is 5.56 Å². The van der Waals surface area contributed by atoms with Gasteiger partial charge in [0.05, 0.1) is 0 Å². The highest BCUT2D eigenvalue weighted by Crippen LogP contribution is 2.16. The van der Waals surface area contributed by atoms with E-state index in [1.807, 2.05) is 5.92 Å². The average molecular weight is 181 g/mol. The van der Waals surface area contributed by atoms with Crippen LogP contribution in [-0.4, -0.2) is 6.29 Å². The first-order chi connectivity index (χ1) is 6.15. The molecule has 66 valence electrons. The molecule has 0 atom stereocenters. The first-order valence-electron chi connectivity index (χ1n) is 3.35. The van der Waals surface area contributed by atoms with E-state index in [1.165, 1.54) is 0 Å². The summed E-state index contributed by atoms with van der Waals surface area (Å²) in [5, 5.41) is 0. The molecule has 1 aromatic rings. The molecule has 0 aromatic heterocycles. The van der Waals surface area contributed by atoms with Crippen LogP contribution in [0.4, 0.5) is 14.5 Å². The Labute approximate surface area is 73.4 Å². The Morgan fingerprint density at radius 1 is 1.31 bits per heavy atom. The Hall–Kier alpha value is -1.89. The molecular formula is C9H5F2NO. The molecule has 0 aliphatic carbocycles. The van der Waals surface area contributed by atoms with Gasteiger partial charge in [0.1, 0.15) is 17.3 Å². The third kappa shape index (κ3) is 2.03.